The van der Waals surface area contributed by atoms with Gasteiger partial charge in [-0.1, -0.05) is 73.7 Å². The molecular formula is C28H38N2O3. The molecule has 1 N–H and O–H groups in total. The molecule has 5 heteroatoms. The summed E-state index contributed by atoms with van der Waals surface area (Å²) in [4.78, 5) is 28.3. The van der Waals surface area contributed by atoms with Crippen molar-refractivity contribution in [1.82, 2.24) is 10.2 Å². The van der Waals surface area contributed by atoms with Gasteiger partial charge in [0.2, 0.25) is 5.91 Å². The standard InChI is InChI=1S/C28H38N2O3/c1-5-25(28(32)29-24-9-7-6-8-10-24)30(18-23-14-11-20(2)12-15-23)27(31)19-33-26-16-13-21(3)17-22(26)4/h11-17,24-25H,5-10,18-19H2,1-4H3,(H,29,32). The van der Waals surface area contributed by atoms with Crippen molar-refractivity contribution < 1.29 is 14.3 Å². The molecule has 178 valence electrons. The fourth-order valence-electron chi connectivity index (χ4n) is 4.54. The number of nitrogens with one attached hydrogen (secondary N) is 1. The summed E-state index contributed by atoms with van der Waals surface area (Å²) in [5.74, 6) is 0.460. The number of ether oxygens (including phenoxy) is 1. The van der Waals surface area contributed by atoms with Crippen LogP contribution in [0.1, 0.15) is 67.7 Å². The topological polar surface area (TPSA) is 58.6 Å². The molecule has 2 aromatic carbocycles. The second kappa shape index (κ2) is 11.9. The second-order valence-electron chi connectivity index (χ2n) is 9.33. The lowest BCUT2D eigenvalue weighted by Crippen LogP contribution is -2.52. The summed E-state index contributed by atoms with van der Waals surface area (Å²) in [6, 6.07) is 13.7. The van der Waals surface area contributed by atoms with Crippen LogP contribution in [-0.2, 0) is 16.1 Å². The average molecular weight is 451 g/mol. The number of carbonyl (C=O) groups is 2. The molecule has 1 fully saturated rings. The van der Waals surface area contributed by atoms with Crippen molar-refractivity contribution in [2.75, 3.05) is 6.61 Å². The van der Waals surface area contributed by atoms with Gasteiger partial charge in [-0.15, -0.1) is 0 Å². The molecule has 0 aromatic heterocycles. The summed E-state index contributed by atoms with van der Waals surface area (Å²) in [6.45, 7) is 8.29. The normalized spacial score (nSPS) is 15.0. The Labute approximate surface area is 198 Å². The Kier molecular flexibility index (Phi) is 8.93. The number of hydrogen-bond donors (Lipinski definition) is 1. The highest BCUT2D eigenvalue weighted by molar-refractivity contribution is 5.88. The van der Waals surface area contributed by atoms with Crippen LogP contribution in [0.2, 0.25) is 0 Å². The maximum Gasteiger partial charge on any atom is 0.261 e. The van der Waals surface area contributed by atoms with Gasteiger partial charge >= 0.3 is 0 Å². The predicted octanol–water partition coefficient (Wildman–Crippen LogP) is 5.25. The summed E-state index contributed by atoms with van der Waals surface area (Å²) >= 11 is 0. The molecule has 2 amide bonds. The first-order valence-corrected chi connectivity index (χ1v) is 12.2. The summed E-state index contributed by atoms with van der Waals surface area (Å²) in [5, 5.41) is 3.22. The zero-order valence-corrected chi connectivity index (χ0v) is 20.5. The third-order valence-corrected chi connectivity index (χ3v) is 6.49. The van der Waals surface area contributed by atoms with E-state index in [-0.39, 0.29) is 24.5 Å². The molecule has 1 aliphatic rings. The van der Waals surface area contributed by atoms with Gasteiger partial charge in [0.05, 0.1) is 0 Å². The molecule has 3 rings (SSSR count). The molecule has 1 aliphatic carbocycles. The summed E-state index contributed by atoms with van der Waals surface area (Å²) in [5.41, 5.74) is 4.31. The molecule has 1 saturated carbocycles. The Hall–Kier alpha value is -2.82. The summed E-state index contributed by atoms with van der Waals surface area (Å²) < 4.78 is 5.89. The Balaban J connectivity index is 1.76. The van der Waals surface area contributed by atoms with E-state index in [2.05, 4.69) is 5.32 Å². The SMILES string of the molecule is CCC(C(=O)NC1CCCCC1)N(Cc1ccc(C)cc1)C(=O)COc1ccc(C)cc1C. The van der Waals surface area contributed by atoms with E-state index in [1.165, 1.54) is 6.42 Å². The van der Waals surface area contributed by atoms with Crippen LogP contribution in [0.4, 0.5) is 0 Å². The van der Waals surface area contributed by atoms with E-state index in [1.54, 1.807) is 4.90 Å². The third kappa shape index (κ3) is 7.08. The zero-order chi connectivity index (χ0) is 23.8. The smallest absolute Gasteiger partial charge is 0.261 e. The first kappa shape index (κ1) is 24.8. The van der Waals surface area contributed by atoms with Gasteiger partial charge in [0.1, 0.15) is 11.8 Å². The van der Waals surface area contributed by atoms with Crippen molar-refractivity contribution in [2.24, 2.45) is 0 Å². The van der Waals surface area contributed by atoms with Gasteiger partial charge in [0, 0.05) is 12.6 Å². The van der Waals surface area contributed by atoms with Crippen molar-refractivity contribution in [1.29, 1.82) is 0 Å². The van der Waals surface area contributed by atoms with Crippen LogP contribution >= 0.6 is 0 Å². The van der Waals surface area contributed by atoms with Gasteiger partial charge in [-0.25, -0.2) is 0 Å². The lowest BCUT2D eigenvalue weighted by molar-refractivity contribution is -0.143. The Bertz CT molecular complexity index is 933. The highest BCUT2D eigenvalue weighted by Gasteiger charge is 2.30. The molecule has 0 saturated heterocycles. The molecule has 1 unspecified atom stereocenters. The van der Waals surface area contributed by atoms with Crippen LogP contribution < -0.4 is 10.1 Å². The number of amides is 2. The van der Waals surface area contributed by atoms with Crippen LogP contribution in [0.15, 0.2) is 42.5 Å². The van der Waals surface area contributed by atoms with E-state index in [1.807, 2.05) is 70.2 Å². The maximum absolute atomic E-state index is 13.4. The number of hydrogen-bond acceptors (Lipinski definition) is 3. The van der Waals surface area contributed by atoms with Gasteiger partial charge in [-0.05, 0) is 57.2 Å². The van der Waals surface area contributed by atoms with Gasteiger partial charge in [0.25, 0.3) is 5.91 Å². The van der Waals surface area contributed by atoms with Gasteiger partial charge in [-0.2, -0.15) is 0 Å². The Morgan fingerprint density at radius 3 is 2.30 bits per heavy atom. The molecular weight excluding hydrogens is 412 g/mol. The second-order valence-corrected chi connectivity index (χ2v) is 9.33. The average Bonchev–Trinajstić information content (AvgIpc) is 2.80. The van der Waals surface area contributed by atoms with Crippen molar-refractivity contribution >= 4 is 11.8 Å². The van der Waals surface area contributed by atoms with E-state index in [9.17, 15) is 9.59 Å². The lowest BCUT2D eigenvalue weighted by atomic mass is 9.95. The van der Waals surface area contributed by atoms with Crippen molar-refractivity contribution in [3.05, 3.63) is 64.7 Å². The van der Waals surface area contributed by atoms with Crippen LogP contribution in [-0.4, -0.2) is 35.4 Å². The quantitative estimate of drug-likeness (QED) is 0.568. The first-order chi connectivity index (χ1) is 15.9. The molecule has 2 aromatic rings. The Morgan fingerprint density at radius 2 is 1.67 bits per heavy atom. The molecule has 0 radical (unpaired) electrons. The minimum absolute atomic E-state index is 0.0589. The van der Waals surface area contributed by atoms with E-state index in [0.29, 0.717) is 18.7 Å². The van der Waals surface area contributed by atoms with Crippen LogP contribution in [0.25, 0.3) is 0 Å². The van der Waals surface area contributed by atoms with Crippen LogP contribution in [0, 0.1) is 20.8 Å². The van der Waals surface area contributed by atoms with Crippen LogP contribution in [0.5, 0.6) is 5.75 Å². The molecule has 0 aliphatic heterocycles. The van der Waals surface area contributed by atoms with Gasteiger partial charge < -0.3 is 15.0 Å². The first-order valence-electron chi connectivity index (χ1n) is 12.2. The van der Waals surface area contributed by atoms with E-state index in [0.717, 1.165) is 47.9 Å². The molecule has 0 heterocycles. The lowest BCUT2D eigenvalue weighted by Gasteiger charge is -2.32. The van der Waals surface area contributed by atoms with E-state index < -0.39 is 6.04 Å². The monoisotopic (exact) mass is 450 g/mol. The summed E-state index contributed by atoms with van der Waals surface area (Å²) in [6.07, 6.45) is 6.12. The van der Waals surface area contributed by atoms with Crippen molar-refractivity contribution in [3.63, 3.8) is 0 Å². The molecule has 0 spiro atoms. The van der Waals surface area contributed by atoms with Crippen molar-refractivity contribution in [3.8, 4) is 5.75 Å². The highest BCUT2D eigenvalue weighted by Crippen LogP contribution is 2.21. The number of nitrogens with zero attached hydrogens (tertiary/aromatic N) is 1. The fraction of sp³-hybridized carbons (Fsp3) is 0.500. The third-order valence-electron chi connectivity index (χ3n) is 6.49. The number of carbonyl (C=O) groups excluding carboxylic acids is 2. The van der Waals surface area contributed by atoms with Gasteiger partial charge in [-0.3, -0.25) is 9.59 Å². The largest absolute Gasteiger partial charge is 0.483 e. The minimum Gasteiger partial charge on any atom is -0.483 e. The fourth-order valence-corrected chi connectivity index (χ4v) is 4.54. The van der Waals surface area contributed by atoms with E-state index >= 15 is 0 Å². The Morgan fingerprint density at radius 1 is 1.00 bits per heavy atom. The van der Waals surface area contributed by atoms with Crippen molar-refractivity contribution in [2.45, 2.75) is 84.8 Å². The number of benzene rings is 2. The molecule has 33 heavy (non-hydrogen) atoms. The molecule has 0 bridgehead atoms. The van der Waals surface area contributed by atoms with Gasteiger partial charge in [0.15, 0.2) is 6.61 Å². The number of rotatable bonds is 9. The molecule has 1 atom stereocenters. The zero-order valence-electron chi connectivity index (χ0n) is 20.5. The highest BCUT2D eigenvalue weighted by atomic mass is 16.5. The number of aryl methyl sites for hydroxylation is 3. The van der Waals surface area contributed by atoms with Crippen LogP contribution in [0.3, 0.4) is 0 Å². The molecule has 5 nitrogen and oxygen atoms in total. The predicted molar refractivity (Wildman–Crippen MR) is 132 cm³/mol. The maximum atomic E-state index is 13.4. The minimum atomic E-state index is -0.525. The van der Waals surface area contributed by atoms with E-state index in [4.69, 9.17) is 4.74 Å². The summed E-state index contributed by atoms with van der Waals surface area (Å²) in [7, 11) is 0.